The van der Waals surface area contributed by atoms with Gasteiger partial charge in [-0.1, -0.05) is 24.6 Å². The molecule has 0 amide bonds. The average Bonchev–Trinajstić information content (AvgIpc) is 2.27. The van der Waals surface area contributed by atoms with E-state index in [2.05, 4.69) is 26.8 Å². The Hall–Kier alpha value is -0.570. The van der Waals surface area contributed by atoms with Crippen molar-refractivity contribution in [1.29, 1.82) is 0 Å². The highest BCUT2D eigenvalue weighted by Crippen LogP contribution is 2.25. The van der Waals surface area contributed by atoms with Gasteiger partial charge in [-0.3, -0.25) is 0 Å². The van der Waals surface area contributed by atoms with Crippen molar-refractivity contribution in [1.82, 2.24) is 0 Å². The molecule has 1 aromatic rings. The van der Waals surface area contributed by atoms with Gasteiger partial charge in [0.05, 0.1) is 0 Å². The van der Waals surface area contributed by atoms with Crippen LogP contribution >= 0.6 is 11.6 Å². The van der Waals surface area contributed by atoms with Gasteiger partial charge in [0.1, 0.15) is 0 Å². The Bertz CT molecular complexity index is 373. The van der Waals surface area contributed by atoms with Gasteiger partial charge < -0.3 is 11.5 Å². The summed E-state index contributed by atoms with van der Waals surface area (Å²) in [7, 11) is 0. The van der Waals surface area contributed by atoms with E-state index >= 15 is 0 Å². The van der Waals surface area contributed by atoms with Gasteiger partial charge in [-0.15, -0.1) is 0 Å². The van der Waals surface area contributed by atoms with E-state index in [0.717, 1.165) is 11.4 Å². The zero-order valence-corrected chi connectivity index (χ0v) is 11.7. The highest BCUT2D eigenvalue weighted by atomic mass is 35.5. The summed E-state index contributed by atoms with van der Waals surface area (Å²) in [6.45, 7) is 7.66. The molecule has 1 unspecified atom stereocenters. The molecule has 2 nitrogen and oxygen atoms in total. The van der Waals surface area contributed by atoms with Crippen LogP contribution in [0, 0.1) is 25.7 Å². The zero-order chi connectivity index (χ0) is 13.0. The lowest BCUT2D eigenvalue weighted by Gasteiger charge is -2.21. The summed E-state index contributed by atoms with van der Waals surface area (Å²) in [4.78, 5) is 0. The maximum atomic E-state index is 6.27. The number of hydrogen-bond acceptors (Lipinski definition) is 2. The highest BCUT2D eigenvalue weighted by Gasteiger charge is 2.16. The van der Waals surface area contributed by atoms with Crippen molar-refractivity contribution in [2.24, 2.45) is 23.3 Å². The monoisotopic (exact) mass is 254 g/mol. The van der Waals surface area contributed by atoms with Crippen molar-refractivity contribution in [2.75, 3.05) is 13.1 Å². The summed E-state index contributed by atoms with van der Waals surface area (Å²) < 4.78 is 0. The SMILES string of the molecule is Cc1cc(Cl)c(CC(C)C(CN)CN)cc1C. The van der Waals surface area contributed by atoms with Crippen molar-refractivity contribution in [2.45, 2.75) is 27.2 Å². The third kappa shape index (κ3) is 3.70. The van der Waals surface area contributed by atoms with Crippen molar-refractivity contribution >= 4 is 11.6 Å². The van der Waals surface area contributed by atoms with Gasteiger partial charge in [-0.2, -0.15) is 0 Å². The molecular weight excluding hydrogens is 232 g/mol. The first-order valence-corrected chi connectivity index (χ1v) is 6.53. The van der Waals surface area contributed by atoms with Gasteiger partial charge in [0.15, 0.2) is 0 Å². The summed E-state index contributed by atoms with van der Waals surface area (Å²) in [5.74, 6) is 0.831. The summed E-state index contributed by atoms with van der Waals surface area (Å²) in [6, 6.07) is 4.22. The fraction of sp³-hybridized carbons (Fsp3) is 0.571. The first-order chi connectivity index (χ1) is 7.99. The second-order valence-electron chi connectivity index (χ2n) is 4.94. The first kappa shape index (κ1) is 14.5. The molecular formula is C14H23ClN2. The van der Waals surface area contributed by atoms with Crippen LogP contribution in [0.25, 0.3) is 0 Å². The minimum Gasteiger partial charge on any atom is -0.330 e. The number of rotatable bonds is 5. The topological polar surface area (TPSA) is 52.0 Å². The zero-order valence-electron chi connectivity index (χ0n) is 11.0. The maximum Gasteiger partial charge on any atom is 0.0440 e. The Morgan fingerprint density at radius 3 is 2.18 bits per heavy atom. The van der Waals surface area contributed by atoms with E-state index in [0.29, 0.717) is 24.9 Å². The normalized spacial score (nSPS) is 13.1. The van der Waals surface area contributed by atoms with Crippen LogP contribution in [-0.4, -0.2) is 13.1 Å². The van der Waals surface area contributed by atoms with Crippen LogP contribution in [0.15, 0.2) is 12.1 Å². The lowest BCUT2D eigenvalue weighted by atomic mass is 9.87. The van der Waals surface area contributed by atoms with Crippen molar-refractivity contribution in [3.05, 3.63) is 33.8 Å². The van der Waals surface area contributed by atoms with E-state index in [1.54, 1.807) is 0 Å². The van der Waals surface area contributed by atoms with E-state index < -0.39 is 0 Å². The third-order valence-electron chi connectivity index (χ3n) is 3.61. The minimum absolute atomic E-state index is 0.368. The van der Waals surface area contributed by atoms with Crippen LogP contribution in [0.4, 0.5) is 0 Å². The van der Waals surface area contributed by atoms with Crippen LogP contribution in [0.2, 0.25) is 5.02 Å². The largest absolute Gasteiger partial charge is 0.330 e. The van der Waals surface area contributed by atoms with Crippen LogP contribution in [-0.2, 0) is 6.42 Å². The molecule has 0 heterocycles. The molecule has 3 heteroatoms. The number of aryl methyl sites for hydroxylation is 2. The fourth-order valence-corrected chi connectivity index (χ4v) is 2.37. The molecule has 0 aliphatic carbocycles. The maximum absolute atomic E-state index is 6.27. The summed E-state index contributed by atoms with van der Waals surface area (Å²) in [5.41, 5.74) is 15.2. The molecule has 0 radical (unpaired) electrons. The van der Waals surface area contributed by atoms with Crippen molar-refractivity contribution < 1.29 is 0 Å². The van der Waals surface area contributed by atoms with E-state index in [1.807, 2.05) is 6.07 Å². The standard InChI is InChI=1S/C14H23ClN2/c1-9-4-12(14(15)6-10(9)2)5-11(3)13(7-16)8-17/h4,6,11,13H,5,7-8,16-17H2,1-3H3. The first-order valence-electron chi connectivity index (χ1n) is 6.15. The Labute approximate surface area is 109 Å². The quantitative estimate of drug-likeness (QED) is 0.849. The van der Waals surface area contributed by atoms with Crippen LogP contribution in [0.1, 0.15) is 23.6 Å². The predicted octanol–water partition coefficient (Wildman–Crippen LogP) is 2.67. The summed E-state index contributed by atoms with van der Waals surface area (Å²) >= 11 is 6.27. The lowest BCUT2D eigenvalue weighted by Crippen LogP contribution is -2.30. The molecule has 0 aromatic heterocycles. The second kappa shape index (κ2) is 6.39. The fourth-order valence-electron chi connectivity index (χ4n) is 2.07. The Morgan fingerprint density at radius 1 is 1.12 bits per heavy atom. The van der Waals surface area contributed by atoms with Gasteiger partial charge >= 0.3 is 0 Å². The Morgan fingerprint density at radius 2 is 1.65 bits per heavy atom. The highest BCUT2D eigenvalue weighted by molar-refractivity contribution is 6.31. The molecule has 1 aromatic carbocycles. The molecule has 1 atom stereocenters. The molecule has 0 aliphatic heterocycles. The van der Waals surface area contributed by atoms with Gasteiger partial charge in [0.25, 0.3) is 0 Å². The smallest absolute Gasteiger partial charge is 0.0440 e. The number of benzene rings is 1. The molecule has 4 N–H and O–H groups in total. The summed E-state index contributed by atoms with van der Waals surface area (Å²) in [6.07, 6.45) is 0.943. The number of hydrogen-bond donors (Lipinski definition) is 2. The minimum atomic E-state index is 0.368. The van der Waals surface area contributed by atoms with Gasteiger partial charge in [0, 0.05) is 5.02 Å². The van der Waals surface area contributed by atoms with Gasteiger partial charge in [-0.05, 0) is 68.0 Å². The molecule has 0 bridgehead atoms. The molecule has 0 saturated carbocycles. The third-order valence-corrected chi connectivity index (χ3v) is 3.97. The van der Waals surface area contributed by atoms with Crippen LogP contribution < -0.4 is 11.5 Å². The molecule has 1 rings (SSSR count). The molecule has 0 saturated heterocycles. The number of nitrogens with two attached hydrogens (primary N) is 2. The van der Waals surface area contributed by atoms with Crippen molar-refractivity contribution in [3.8, 4) is 0 Å². The summed E-state index contributed by atoms with van der Waals surface area (Å²) in [5, 5.41) is 0.854. The Kier molecular flexibility index (Phi) is 5.44. The molecule has 0 aliphatic rings. The second-order valence-corrected chi connectivity index (χ2v) is 5.35. The average molecular weight is 255 g/mol. The van der Waals surface area contributed by atoms with Gasteiger partial charge in [-0.25, -0.2) is 0 Å². The van der Waals surface area contributed by atoms with Crippen LogP contribution in [0.3, 0.4) is 0 Å². The van der Waals surface area contributed by atoms with Crippen molar-refractivity contribution in [3.63, 3.8) is 0 Å². The van der Waals surface area contributed by atoms with Crippen LogP contribution in [0.5, 0.6) is 0 Å². The Balaban J connectivity index is 2.84. The number of halogens is 1. The molecule has 0 spiro atoms. The van der Waals surface area contributed by atoms with E-state index in [1.165, 1.54) is 16.7 Å². The molecule has 17 heavy (non-hydrogen) atoms. The van der Waals surface area contributed by atoms with E-state index in [9.17, 15) is 0 Å². The van der Waals surface area contributed by atoms with E-state index in [-0.39, 0.29) is 0 Å². The van der Waals surface area contributed by atoms with E-state index in [4.69, 9.17) is 23.1 Å². The predicted molar refractivity (Wildman–Crippen MR) is 75.4 cm³/mol. The molecule has 0 fully saturated rings. The van der Waals surface area contributed by atoms with Gasteiger partial charge in [0.2, 0.25) is 0 Å². The lowest BCUT2D eigenvalue weighted by molar-refractivity contribution is 0.372. The molecule has 96 valence electrons.